The number of halogens is 2. The zero-order valence-electron chi connectivity index (χ0n) is 6.37. The maximum absolute atomic E-state index is 3.74. The predicted octanol–water partition coefficient (Wildman–Crippen LogP) is 4.07. The van der Waals surface area contributed by atoms with Crippen molar-refractivity contribution in [3.63, 3.8) is 0 Å². The summed E-state index contributed by atoms with van der Waals surface area (Å²) >= 11 is 7.47. The Balaban J connectivity index is 2.51. The molecule has 1 aliphatic rings. The van der Waals surface area contributed by atoms with Crippen LogP contribution in [0.1, 0.15) is 39.0 Å². The molecule has 2 heteroatoms. The van der Waals surface area contributed by atoms with Crippen molar-refractivity contribution in [3.8, 4) is 0 Å². The lowest BCUT2D eigenvalue weighted by molar-refractivity contribution is 0.349. The van der Waals surface area contributed by atoms with Crippen LogP contribution in [-0.2, 0) is 0 Å². The summed E-state index contributed by atoms with van der Waals surface area (Å²) in [6.45, 7) is 2.27. The molecular formula is C8H14Br2. The van der Waals surface area contributed by atoms with E-state index in [4.69, 9.17) is 0 Å². The number of alkyl halides is 2. The Bertz CT molecular complexity index is 110. The van der Waals surface area contributed by atoms with Gasteiger partial charge in [0.15, 0.2) is 0 Å². The minimum absolute atomic E-state index is 0.271. The Labute approximate surface area is 80.0 Å². The normalized spacial score (nSPS) is 32.1. The summed E-state index contributed by atoms with van der Waals surface area (Å²) in [6, 6.07) is 0. The first-order chi connectivity index (χ1) is 4.67. The molecule has 10 heavy (non-hydrogen) atoms. The number of rotatable bonds is 1. The van der Waals surface area contributed by atoms with Crippen molar-refractivity contribution in [3.05, 3.63) is 0 Å². The molecule has 0 amide bonds. The highest BCUT2D eigenvalue weighted by atomic mass is 79.9. The second kappa shape index (κ2) is 3.57. The molecule has 0 bridgehead atoms. The molecule has 0 saturated heterocycles. The van der Waals surface area contributed by atoms with Gasteiger partial charge in [-0.05, 0) is 18.8 Å². The highest BCUT2D eigenvalue weighted by molar-refractivity contribution is 9.25. The van der Waals surface area contributed by atoms with Crippen molar-refractivity contribution in [2.24, 2.45) is 5.92 Å². The SMILES string of the molecule is CCC1CCCCC1(Br)Br. The highest BCUT2D eigenvalue weighted by Gasteiger charge is 2.34. The summed E-state index contributed by atoms with van der Waals surface area (Å²) in [5.41, 5.74) is 0. The van der Waals surface area contributed by atoms with Crippen molar-refractivity contribution in [2.75, 3.05) is 0 Å². The van der Waals surface area contributed by atoms with Crippen LogP contribution in [0.25, 0.3) is 0 Å². The molecule has 1 fully saturated rings. The smallest absolute Gasteiger partial charge is 0.0724 e. The van der Waals surface area contributed by atoms with E-state index in [0.717, 1.165) is 5.92 Å². The Kier molecular flexibility index (Phi) is 3.23. The van der Waals surface area contributed by atoms with Crippen LogP contribution < -0.4 is 0 Å². The maximum Gasteiger partial charge on any atom is 0.0833 e. The third-order valence-electron chi connectivity index (χ3n) is 2.40. The van der Waals surface area contributed by atoms with Crippen molar-refractivity contribution < 1.29 is 0 Å². The van der Waals surface area contributed by atoms with E-state index in [-0.39, 0.29) is 3.23 Å². The van der Waals surface area contributed by atoms with Crippen molar-refractivity contribution in [2.45, 2.75) is 42.3 Å². The number of hydrogen-bond acceptors (Lipinski definition) is 0. The summed E-state index contributed by atoms with van der Waals surface area (Å²) in [5.74, 6) is 0.834. The average Bonchev–Trinajstić information content (AvgIpc) is 1.87. The number of hydrogen-bond donors (Lipinski definition) is 0. The van der Waals surface area contributed by atoms with Gasteiger partial charge in [-0.1, -0.05) is 58.0 Å². The zero-order chi connectivity index (χ0) is 7.61. The van der Waals surface area contributed by atoms with Gasteiger partial charge in [0.25, 0.3) is 0 Å². The molecule has 0 aliphatic heterocycles. The molecule has 60 valence electrons. The summed E-state index contributed by atoms with van der Waals surface area (Å²) in [4.78, 5) is 0. The average molecular weight is 270 g/mol. The van der Waals surface area contributed by atoms with Crippen LogP contribution in [0.4, 0.5) is 0 Å². The van der Waals surface area contributed by atoms with Gasteiger partial charge in [-0.2, -0.15) is 0 Å². The first kappa shape index (κ1) is 9.05. The summed E-state index contributed by atoms with van der Waals surface area (Å²) in [5, 5.41) is 0. The summed E-state index contributed by atoms with van der Waals surface area (Å²) in [6.07, 6.45) is 6.74. The Morgan fingerprint density at radius 2 is 2.10 bits per heavy atom. The molecule has 0 heterocycles. The van der Waals surface area contributed by atoms with Crippen molar-refractivity contribution in [1.82, 2.24) is 0 Å². The molecule has 0 nitrogen and oxygen atoms in total. The third-order valence-corrected chi connectivity index (χ3v) is 4.49. The lowest BCUT2D eigenvalue weighted by Gasteiger charge is -2.34. The van der Waals surface area contributed by atoms with Gasteiger partial charge in [-0.25, -0.2) is 0 Å². The molecule has 0 aromatic carbocycles. The second-order valence-corrected chi connectivity index (χ2v) is 7.01. The zero-order valence-corrected chi connectivity index (χ0v) is 9.54. The lowest BCUT2D eigenvalue weighted by Crippen LogP contribution is -2.27. The van der Waals surface area contributed by atoms with Crippen LogP contribution in [-0.4, -0.2) is 3.23 Å². The van der Waals surface area contributed by atoms with Gasteiger partial charge in [-0.15, -0.1) is 0 Å². The molecule has 1 aliphatic carbocycles. The molecule has 0 spiro atoms. The first-order valence-electron chi connectivity index (χ1n) is 4.04. The van der Waals surface area contributed by atoms with Crippen LogP contribution in [0, 0.1) is 5.92 Å². The summed E-state index contributed by atoms with van der Waals surface area (Å²) in [7, 11) is 0. The molecule has 1 rings (SSSR count). The van der Waals surface area contributed by atoms with Crippen LogP contribution in [0.15, 0.2) is 0 Å². The second-order valence-electron chi connectivity index (χ2n) is 3.11. The van der Waals surface area contributed by atoms with Crippen LogP contribution in [0.5, 0.6) is 0 Å². The van der Waals surface area contributed by atoms with Crippen molar-refractivity contribution in [1.29, 1.82) is 0 Å². The molecule has 0 radical (unpaired) electrons. The molecule has 1 unspecified atom stereocenters. The molecular weight excluding hydrogens is 256 g/mol. The molecule has 1 atom stereocenters. The highest BCUT2D eigenvalue weighted by Crippen LogP contribution is 2.46. The Morgan fingerprint density at radius 3 is 2.50 bits per heavy atom. The molecule has 0 aromatic rings. The van der Waals surface area contributed by atoms with E-state index in [1.165, 1.54) is 32.1 Å². The van der Waals surface area contributed by atoms with Gasteiger partial charge in [0.1, 0.15) is 0 Å². The van der Waals surface area contributed by atoms with Crippen molar-refractivity contribution >= 4 is 31.9 Å². The summed E-state index contributed by atoms with van der Waals surface area (Å²) < 4.78 is 0.271. The maximum atomic E-state index is 3.74. The van der Waals surface area contributed by atoms with E-state index in [1.807, 2.05) is 0 Å². The quantitative estimate of drug-likeness (QED) is 0.630. The molecule has 0 aromatic heterocycles. The third kappa shape index (κ3) is 1.97. The molecule has 0 N–H and O–H groups in total. The predicted molar refractivity (Wildman–Crippen MR) is 52.8 cm³/mol. The fourth-order valence-electron chi connectivity index (χ4n) is 1.67. The van der Waals surface area contributed by atoms with Gasteiger partial charge < -0.3 is 0 Å². The van der Waals surface area contributed by atoms with Crippen LogP contribution >= 0.6 is 31.9 Å². The fraction of sp³-hybridized carbons (Fsp3) is 1.00. The van der Waals surface area contributed by atoms with Gasteiger partial charge in [-0.3, -0.25) is 0 Å². The largest absolute Gasteiger partial charge is 0.0833 e. The van der Waals surface area contributed by atoms with E-state index < -0.39 is 0 Å². The van der Waals surface area contributed by atoms with Gasteiger partial charge in [0.2, 0.25) is 0 Å². The van der Waals surface area contributed by atoms with E-state index in [2.05, 4.69) is 38.8 Å². The van der Waals surface area contributed by atoms with Crippen LogP contribution in [0.3, 0.4) is 0 Å². The van der Waals surface area contributed by atoms with E-state index in [1.54, 1.807) is 0 Å². The van der Waals surface area contributed by atoms with Gasteiger partial charge in [0, 0.05) is 0 Å². The van der Waals surface area contributed by atoms with E-state index in [9.17, 15) is 0 Å². The monoisotopic (exact) mass is 268 g/mol. The lowest BCUT2D eigenvalue weighted by atomic mass is 9.87. The standard InChI is InChI=1S/C8H14Br2/c1-2-7-5-3-4-6-8(7,9)10/h7H,2-6H2,1H3. The minimum Gasteiger partial charge on any atom is -0.0724 e. The minimum atomic E-state index is 0.271. The Hall–Kier alpha value is 0.960. The van der Waals surface area contributed by atoms with E-state index >= 15 is 0 Å². The first-order valence-corrected chi connectivity index (χ1v) is 5.63. The molecule has 1 saturated carbocycles. The van der Waals surface area contributed by atoms with Gasteiger partial charge in [0.05, 0.1) is 3.23 Å². The van der Waals surface area contributed by atoms with E-state index in [0.29, 0.717) is 0 Å². The Morgan fingerprint density at radius 1 is 1.40 bits per heavy atom. The van der Waals surface area contributed by atoms with Crippen LogP contribution in [0.2, 0.25) is 0 Å². The fourth-order valence-corrected chi connectivity index (χ4v) is 3.34. The topological polar surface area (TPSA) is 0 Å². The van der Waals surface area contributed by atoms with Gasteiger partial charge >= 0.3 is 0 Å².